The molecule has 0 aliphatic rings. The Hall–Kier alpha value is -2.47. The van der Waals surface area contributed by atoms with E-state index in [9.17, 15) is 0 Å². The monoisotopic (exact) mass is 268 g/mol. The third kappa shape index (κ3) is 2.60. The van der Waals surface area contributed by atoms with Crippen molar-refractivity contribution in [2.45, 2.75) is 13.1 Å². The molecular weight excluding hydrogens is 252 g/mol. The van der Waals surface area contributed by atoms with Crippen LogP contribution in [0.3, 0.4) is 0 Å². The number of aryl methyl sites for hydroxylation is 1. The van der Waals surface area contributed by atoms with E-state index >= 15 is 0 Å². The first-order valence-electron chi connectivity index (χ1n) is 6.46. The van der Waals surface area contributed by atoms with E-state index in [-0.39, 0.29) is 0 Å². The van der Waals surface area contributed by atoms with Crippen molar-refractivity contribution in [3.05, 3.63) is 60.4 Å². The molecule has 0 radical (unpaired) electrons. The van der Waals surface area contributed by atoms with Gasteiger partial charge in [0.05, 0.1) is 12.2 Å². The minimum Gasteiger partial charge on any atom is -0.320 e. The largest absolute Gasteiger partial charge is 0.320 e. The van der Waals surface area contributed by atoms with E-state index in [1.165, 1.54) is 5.56 Å². The number of nitrogens with zero attached hydrogens (tertiary/aromatic N) is 5. The molecule has 0 unspecified atom stereocenters. The molecule has 1 N–H and O–H groups in total. The van der Waals surface area contributed by atoms with Crippen LogP contribution >= 0.6 is 0 Å². The molecule has 3 aromatic rings. The van der Waals surface area contributed by atoms with Crippen molar-refractivity contribution in [1.82, 2.24) is 29.9 Å². The number of hydrogen-bond acceptors (Lipinski definition) is 4. The molecule has 2 aromatic heterocycles. The standard InChI is InChI=1S/C14H16N6/c1-19-11-16-18-14(19)10-15-9-12-5-2-3-6-13(12)20-8-4-7-17-20/h2-8,11,15H,9-10H2,1H3. The molecule has 6 heteroatoms. The van der Waals surface area contributed by atoms with E-state index in [4.69, 9.17) is 0 Å². The van der Waals surface area contributed by atoms with Gasteiger partial charge in [0.1, 0.15) is 12.2 Å². The molecule has 6 nitrogen and oxygen atoms in total. The molecule has 0 spiro atoms. The molecule has 2 heterocycles. The van der Waals surface area contributed by atoms with Gasteiger partial charge in [0, 0.05) is 26.0 Å². The summed E-state index contributed by atoms with van der Waals surface area (Å²) in [5.41, 5.74) is 2.28. The van der Waals surface area contributed by atoms with Gasteiger partial charge >= 0.3 is 0 Å². The summed E-state index contributed by atoms with van der Waals surface area (Å²) in [6, 6.07) is 10.1. The highest BCUT2D eigenvalue weighted by atomic mass is 15.3. The van der Waals surface area contributed by atoms with Crippen LogP contribution in [-0.4, -0.2) is 24.5 Å². The van der Waals surface area contributed by atoms with Gasteiger partial charge in [-0.3, -0.25) is 0 Å². The topological polar surface area (TPSA) is 60.6 Å². The van der Waals surface area contributed by atoms with E-state index in [2.05, 4.69) is 32.7 Å². The molecule has 0 amide bonds. The Labute approximate surface area is 117 Å². The average Bonchev–Trinajstić information content (AvgIpc) is 3.12. The van der Waals surface area contributed by atoms with Gasteiger partial charge in [-0.15, -0.1) is 10.2 Å². The summed E-state index contributed by atoms with van der Waals surface area (Å²) in [4.78, 5) is 0. The molecule has 0 aliphatic heterocycles. The van der Waals surface area contributed by atoms with Crippen LogP contribution in [0.5, 0.6) is 0 Å². The molecular formula is C14H16N6. The maximum absolute atomic E-state index is 4.28. The van der Waals surface area contributed by atoms with E-state index in [0.717, 1.165) is 18.1 Å². The SMILES string of the molecule is Cn1cnnc1CNCc1ccccc1-n1cccn1. The first-order chi connectivity index (χ1) is 9.84. The van der Waals surface area contributed by atoms with Crippen LogP contribution in [0.4, 0.5) is 0 Å². The van der Waals surface area contributed by atoms with E-state index in [1.54, 1.807) is 12.5 Å². The van der Waals surface area contributed by atoms with Crippen LogP contribution in [0.25, 0.3) is 5.69 Å². The van der Waals surface area contributed by atoms with Crippen molar-refractivity contribution in [2.24, 2.45) is 7.05 Å². The number of hydrogen-bond donors (Lipinski definition) is 1. The molecule has 0 aliphatic carbocycles. The zero-order valence-electron chi connectivity index (χ0n) is 11.3. The summed E-state index contributed by atoms with van der Waals surface area (Å²) in [6.07, 6.45) is 5.43. The van der Waals surface area contributed by atoms with Crippen molar-refractivity contribution in [3.8, 4) is 5.69 Å². The summed E-state index contributed by atoms with van der Waals surface area (Å²) in [6.45, 7) is 1.44. The molecule has 0 saturated heterocycles. The summed E-state index contributed by atoms with van der Waals surface area (Å²) >= 11 is 0. The highest BCUT2D eigenvalue weighted by Crippen LogP contribution is 2.13. The minimum absolute atomic E-state index is 0.684. The molecule has 20 heavy (non-hydrogen) atoms. The van der Waals surface area contributed by atoms with Crippen LogP contribution in [0.15, 0.2) is 49.1 Å². The van der Waals surface area contributed by atoms with Crippen molar-refractivity contribution in [2.75, 3.05) is 0 Å². The Morgan fingerprint density at radius 2 is 2.05 bits per heavy atom. The normalized spacial score (nSPS) is 10.8. The molecule has 3 rings (SSSR count). The molecule has 0 bridgehead atoms. The van der Waals surface area contributed by atoms with Gasteiger partial charge in [-0.2, -0.15) is 5.10 Å². The predicted octanol–water partition coefficient (Wildman–Crippen LogP) is 1.29. The highest BCUT2D eigenvalue weighted by molar-refractivity contribution is 5.40. The summed E-state index contributed by atoms with van der Waals surface area (Å²) in [7, 11) is 1.94. The van der Waals surface area contributed by atoms with Crippen molar-refractivity contribution >= 4 is 0 Å². The Morgan fingerprint density at radius 3 is 2.80 bits per heavy atom. The molecule has 1 aromatic carbocycles. The van der Waals surface area contributed by atoms with Gasteiger partial charge in [-0.05, 0) is 17.7 Å². The second-order valence-electron chi connectivity index (χ2n) is 4.54. The first kappa shape index (κ1) is 12.6. The summed E-state index contributed by atoms with van der Waals surface area (Å²) in [5, 5.41) is 15.6. The number of benzene rings is 1. The Bertz CT molecular complexity index is 671. The number of rotatable bonds is 5. The Morgan fingerprint density at radius 1 is 1.15 bits per heavy atom. The molecule has 0 atom stereocenters. The fourth-order valence-electron chi connectivity index (χ4n) is 2.07. The summed E-state index contributed by atoms with van der Waals surface area (Å²) in [5.74, 6) is 0.918. The quantitative estimate of drug-likeness (QED) is 0.757. The number of nitrogens with one attached hydrogen (secondary N) is 1. The zero-order valence-corrected chi connectivity index (χ0v) is 11.3. The first-order valence-corrected chi connectivity index (χ1v) is 6.46. The fourth-order valence-corrected chi connectivity index (χ4v) is 2.07. The average molecular weight is 268 g/mol. The summed E-state index contributed by atoms with van der Waals surface area (Å²) < 4.78 is 3.78. The Kier molecular flexibility index (Phi) is 3.56. The molecule has 0 fully saturated rings. The second-order valence-corrected chi connectivity index (χ2v) is 4.54. The van der Waals surface area contributed by atoms with Gasteiger partial charge in [-0.1, -0.05) is 18.2 Å². The third-order valence-electron chi connectivity index (χ3n) is 3.15. The van der Waals surface area contributed by atoms with Gasteiger partial charge in [-0.25, -0.2) is 4.68 Å². The van der Waals surface area contributed by atoms with E-state index < -0.39 is 0 Å². The maximum Gasteiger partial charge on any atom is 0.146 e. The lowest BCUT2D eigenvalue weighted by atomic mass is 10.2. The van der Waals surface area contributed by atoms with E-state index in [0.29, 0.717) is 6.54 Å². The Balaban J connectivity index is 1.70. The smallest absolute Gasteiger partial charge is 0.146 e. The van der Waals surface area contributed by atoms with Crippen LogP contribution in [-0.2, 0) is 20.1 Å². The lowest BCUT2D eigenvalue weighted by molar-refractivity contribution is 0.634. The van der Waals surface area contributed by atoms with Gasteiger partial charge < -0.3 is 9.88 Å². The van der Waals surface area contributed by atoms with Crippen LogP contribution in [0.2, 0.25) is 0 Å². The van der Waals surface area contributed by atoms with Crippen molar-refractivity contribution < 1.29 is 0 Å². The molecule has 0 saturated carbocycles. The van der Waals surface area contributed by atoms with Crippen molar-refractivity contribution in [3.63, 3.8) is 0 Å². The fraction of sp³-hybridized carbons (Fsp3) is 0.214. The lowest BCUT2D eigenvalue weighted by Crippen LogP contribution is -2.17. The van der Waals surface area contributed by atoms with Crippen molar-refractivity contribution in [1.29, 1.82) is 0 Å². The van der Waals surface area contributed by atoms with Gasteiger partial charge in [0.2, 0.25) is 0 Å². The van der Waals surface area contributed by atoms with E-state index in [1.807, 2.05) is 40.7 Å². The lowest BCUT2D eigenvalue weighted by Gasteiger charge is -2.10. The predicted molar refractivity (Wildman–Crippen MR) is 75.1 cm³/mol. The zero-order chi connectivity index (χ0) is 13.8. The van der Waals surface area contributed by atoms with Crippen LogP contribution < -0.4 is 5.32 Å². The molecule has 102 valence electrons. The maximum atomic E-state index is 4.28. The van der Waals surface area contributed by atoms with Gasteiger partial charge in [0.25, 0.3) is 0 Å². The van der Waals surface area contributed by atoms with Crippen LogP contribution in [0, 0.1) is 0 Å². The van der Waals surface area contributed by atoms with Crippen LogP contribution in [0.1, 0.15) is 11.4 Å². The number of para-hydroxylation sites is 1. The number of aromatic nitrogens is 5. The second kappa shape index (κ2) is 5.66. The highest BCUT2D eigenvalue weighted by Gasteiger charge is 2.05. The minimum atomic E-state index is 0.684. The third-order valence-corrected chi connectivity index (χ3v) is 3.15. The van der Waals surface area contributed by atoms with Gasteiger partial charge in [0.15, 0.2) is 0 Å².